The maximum absolute atomic E-state index is 5.55. The summed E-state index contributed by atoms with van der Waals surface area (Å²) < 4.78 is 10.6. The summed E-state index contributed by atoms with van der Waals surface area (Å²) in [5.74, 6) is 0. The van der Waals surface area contributed by atoms with Crippen LogP contribution in [-0.2, 0) is 11.2 Å². The van der Waals surface area contributed by atoms with Crippen molar-refractivity contribution in [2.24, 2.45) is 0 Å². The molecule has 0 radical (unpaired) electrons. The van der Waals surface area contributed by atoms with Crippen molar-refractivity contribution in [2.45, 2.75) is 32.7 Å². The summed E-state index contributed by atoms with van der Waals surface area (Å²) in [4.78, 5) is 0. The minimum absolute atomic E-state index is 0.388. The summed E-state index contributed by atoms with van der Waals surface area (Å²) in [6, 6.07) is 2.39. The third-order valence-electron chi connectivity index (χ3n) is 2.22. The fraction of sp³-hybridized carbons (Fsp3) is 0.667. The van der Waals surface area contributed by atoms with Crippen molar-refractivity contribution < 1.29 is 9.15 Å². The van der Waals surface area contributed by atoms with Gasteiger partial charge in [0, 0.05) is 12.6 Å². The van der Waals surface area contributed by atoms with Gasteiger partial charge < -0.3 is 14.5 Å². The van der Waals surface area contributed by atoms with E-state index >= 15 is 0 Å². The smallest absolute Gasteiger partial charge is 0.0935 e. The predicted octanol–water partition coefficient (Wildman–Crippen LogP) is 2.23. The molecule has 1 heterocycles. The molecule has 0 aliphatic carbocycles. The first-order valence-electron chi connectivity index (χ1n) is 5.69. The van der Waals surface area contributed by atoms with Crippen molar-refractivity contribution in [3.8, 4) is 0 Å². The molecule has 0 saturated carbocycles. The summed E-state index contributed by atoms with van der Waals surface area (Å²) in [5, 5.41) is 3.41. The summed E-state index contributed by atoms with van der Waals surface area (Å²) in [6.07, 6.45) is 5.55. The number of rotatable bonds is 8. The molecule has 1 N–H and O–H groups in total. The molecule has 1 unspecified atom stereocenters. The van der Waals surface area contributed by atoms with Crippen LogP contribution in [0.25, 0.3) is 0 Å². The Morgan fingerprint density at radius 2 is 2.33 bits per heavy atom. The van der Waals surface area contributed by atoms with Gasteiger partial charge in [-0.2, -0.15) is 0 Å². The second-order valence-electron chi connectivity index (χ2n) is 3.67. The maximum Gasteiger partial charge on any atom is 0.0935 e. The van der Waals surface area contributed by atoms with Gasteiger partial charge in [0.2, 0.25) is 0 Å². The number of furan rings is 1. The molecule has 0 amide bonds. The highest BCUT2D eigenvalue weighted by molar-refractivity contribution is 5.07. The normalized spacial score (nSPS) is 12.9. The molecule has 0 aliphatic rings. The molecule has 1 rings (SSSR count). The molecule has 3 heteroatoms. The van der Waals surface area contributed by atoms with Crippen LogP contribution < -0.4 is 5.32 Å². The molecule has 3 nitrogen and oxygen atoms in total. The molecule has 0 bridgehead atoms. The monoisotopic (exact) mass is 211 g/mol. The lowest BCUT2D eigenvalue weighted by Gasteiger charge is -2.16. The number of ether oxygens (including phenoxy) is 1. The van der Waals surface area contributed by atoms with E-state index in [2.05, 4.69) is 19.2 Å². The fourth-order valence-corrected chi connectivity index (χ4v) is 1.54. The van der Waals surface area contributed by atoms with Gasteiger partial charge in [0.1, 0.15) is 0 Å². The van der Waals surface area contributed by atoms with Crippen LogP contribution in [0.2, 0.25) is 0 Å². The summed E-state index contributed by atoms with van der Waals surface area (Å²) >= 11 is 0. The first kappa shape index (κ1) is 12.3. The number of hydrogen-bond acceptors (Lipinski definition) is 3. The first-order chi connectivity index (χ1) is 7.36. The number of likely N-dealkylation sites (N-methyl/N-ethyl adjacent to an activating group) is 1. The minimum atomic E-state index is 0.388. The van der Waals surface area contributed by atoms with Gasteiger partial charge >= 0.3 is 0 Å². The number of hydrogen-bond donors (Lipinski definition) is 1. The maximum atomic E-state index is 5.55. The first-order valence-corrected chi connectivity index (χ1v) is 5.69. The highest BCUT2D eigenvalue weighted by atomic mass is 16.5. The molecule has 0 spiro atoms. The van der Waals surface area contributed by atoms with Crippen LogP contribution in [-0.4, -0.2) is 25.8 Å². The summed E-state index contributed by atoms with van der Waals surface area (Å²) in [6.45, 7) is 6.82. The molecular weight excluding hydrogens is 190 g/mol. The topological polar surface area (TPSA) is 34.4 Å². The van der Waals surface area contributed by atoms with Crippen molar-refractivity contribution in [3.05, 3.63) is 24.2 Å². The van der Waals surface area contributed by atoms with Crippen molar-refractivity contribution in [2.75, 3.05) is 19.8 Å². The second-order valence-corrected chi connectivity index (χ2v) is 3.67. The van der Waals surface area contributed by atoms with Crippen LogP contribution in [0.4, 0.5) is 0 Å². The minimum Gasteiger partial charge on any atom is -0.472 e. The van der Waals surface area contributed by atoms with E-state index in [1.807, 2.05) is 6.07 Å². The Balaban J connectivity index is 2.29. The van der Waals surface area contributed by atoms with Gasteiger partial charge in [-0.05, 0) is 31.0 Å². The molecular formula is C12H21NO2. The Morgan fingerprint density at radius 3 is 2.93 bits per heavy atom. The Hall–Kier alpha value is -0.800. The molecule has 0 fully saturated rings. The van der Waals surface area contributed by atoms with E-state index in [9.17, 15) is 0 Å². The summed E-state index contributed by atoms with van der Waals surface area (Å²) in [7, 11) is 0. The standard InChI is InChI=1S/C12H21NO2/c1-3-6-14-10-12(13-4-2)8-11-5-7-15-9-11/h5,7,9,12-13H,3-4,6,8,10H2,1-2H3. The SMILES string of the molecule is CCCOCC(Cc1ccoc1)NCC. The van der Waals surface area contributed by atoms with Gasteiger partial charge in [-0.25, -0.2) is 0 Å². The molecule has 86 valence electrons. The van der Waals surface area contributed by atoms with E-state index in [1.165, 1.54) is 5.56 Å². The van der Waals surface area contributed by atoms with E-state index in [4.69, 9.17) is 9.15 Å². The van der Waals surface area contributed by atoms with Crippen molar-refractivity contribution in [1.82, 2.24) is 5.32 Å². The van der Waals surface area contributed by atoms with Gasteiger partial charge in [0.05, 0.1) is 19.1 Å². The second kappa shape index (κ2) is 7.49. The lowest BCUT2D eigenvalue weighted by atomic mass is 10.1. The van der Waals surface area contributed by atoms with Crippen LogP contribution in [0.15, 0.2) is 23.0 Å². The lowest BCUT2D eigenvalue weighted by molar-refractivity contribution is 0.112. The quantitative estimate of drug-likeness (QED) is 0.670. The lowest BCUT2D eigenvalue weighted by Crippen LogP contribution is -2.35. The van der Waals surface area contributed by atoms with E-state index < -0.39 is 0 Å². The largest absolute Gasteiger partial charge is 0.472 e. The van der Waals surface area contributed by atoms with Crippen LogP contribution in [0.5, 0.6) is 0 Å². The third kappa shape index (κ3) is 5.00. The van der Waals surface area contributed by atoms with E-state index in [0.717, 1.165) is 32.6 Å². The van der Waals surface area contributed by atoms with Gasteiger partial charge in [-0.15, -0.1) is 0 Å². The van der Waals surface area contributed by atoms with Gasteiger partial charge in [-0.3, -0.25) is 0 Å². The zero-order valence-corrected chi connectivity index (χ0v) is 9.66. The Bertz CT molecular complexity index is 234. The van der Waals surface area contributed by atoms with Gasteiger partial charge in [0.15, 0.2) is 0 Å². The molecule has 1 aromatic heterocycles. The Labute approximate surface area is 91.8 Å². The molecule has 0 aliphatic heterocycles. The van der Waals surface area contributed by atoms with Crippen molar-refractivity contribution in [1.29, 1.82) is 0 Å². The molecule has 1 aromatic rings. The Kier molecular flexibility index (Phi) is 6.12. The molecule has 0 aromatic carbocycles. The fourth-order valence-electron chi connectivity index (χ4n) is 1.54. The zero-order chi connectivity index (χ0) is 10.9. The molecule has 15 heavy (non-hydrogen) atoms. The van der Waals surface area contributed by atoms with E-state index in [1.54, 1.807) is 12.5 Å². The van der Waals surface area contributed by atoms with Crippen LogP contribution in [0.1, 0.15) is 25.8 Å². The van der Waals surface area contributed by atoms with E-state index in [-0.39, 0.29) is 0 Å². The van der Waals surface area contributed by atoms with Crippen molar-refractivity contribution in [3.63, 3.8) is 0 Å². The average molecular weight is 211 g/mol. The zero-order valence-electron chi connectivity index (χ0n) is 9.66. The van der Waals surface area contributed by atoms with Crippen LogP contribution in [0, 0.1) is 0 Å². The van der Waals surface area contributed by atoms with Gasteiger partial charge in [0.25, 0.3) is 0 Å². The van der Waals surface area contributed by atoms with Crippen LogP contribution in [0.3, 0.4) is 0 Å². The highest BCUT2D eigenvalue weighted by Gasteiger charge is 2.08. The third-order valence-corrected chi connectivity index (χ3v) is 2.22. The van der Waals surface area contributed by atoms with E-state index in [0.29, 0.717) is 6.04 Å². The Morgan fingerprint density at radius 1 is 1.47 bits per heavy atom. The molecule has 1 atom stereocenters. The summed E-state index contributed by atoms with van der Waals surface area (Å²) in [5.41, 5.74) is 1.22. The molecule has 0 saturated heterocycles. The predicted molar refractivity (Wildman–Crippen MR) is 61.0 cm³/mol. The van der Waals surface area contributed by atoms with Crippen LogP contribution >= 0.6 is 0 Å². The average Bonchev–Trinajstić information content (AvgIpc) is 2.71. The van der Waals surface area contributed by atoms with Gasteiger partial charge in [-0.1, -0.05) is 13.8 Å². The number of nitrogens with one attached hydrogen (secondary N) is 1. The van der Waals surface area contributed by atoms with Crippen molar-refractivity contribution >= 4 is 0 Å². The highest BCUT2D eigenvalue weighted by Crippen LogP contribution is 2.04.